The van der Waals surface area contributed by atoms with E-state index in [1.54, 1.807) is 6.20 Å². The number of nitrogens with one attached hydrogen (secondary N) is 1. The van der Waals surface area contributed by atoms with Gasteiger partial charge in [0, 0.05) is 18.0 Å². The predicted molar refractivity (Wildman–Crippen MR) is 104 cm³/mol. The lowest BCUT2D eigenvalue weighted by molar-refractivity contribution is 0.730. The molecule has 4 aromatic rings. The van der Waals surface area contributed by atoms with E-state index in [9.17, 15) is 4.79 Å². The molecule has 4 rings (SSSR count). The van der Waals surface area contributed by atoms with Crippen molar-refractivity contribution in [2.24, 2.45) is 0 Å². The number of imidazole rings is 1. The molecular formula is C19H17ClN6O. The van der Waals surface area contributed by atoms with E-state index in [4.69, 9.17) is 11.6 Å². The molecular weight excluding hydrogens is 364 g/mol. The minimum absolute atomic E-state index is 0.193. The lowest BCUT2D eigenvalue weighted by atomic mass is 9.97. The number of rotatable bonds is 4. The van der Waals surface area contributed by atoms with Crippen LogP contribution in [0.1, 0.15) is 31.2 Å². The lowest BCUT2D eigenvalue weighted by Crippen LogP contribution is -2.19. The minimum atomic E-state index is -0.285. The van der Waals surface area contributed by atoms with E-state index < -0.39 is 0 Å². The summed E-state index contributed by atoms with van der Waals surface area (Å²) in [4.78, 5) is 32.6. The maximum absolute atomic E-state index is 12.4. The highest BCUT2D eigenvalue weighted by Gasteiger charge is 2.15. The Balaban J connectivity index is 1.83. The zero-order chi connectivity index (χ0) is 19.0. The second-order valence-electron chi connectivity index (χ2n) is 6.51. The van der Waals surface area contributed by atoms with Gasteiger partial charge in [-0.1, -0.05) is 49.7 Å². The monoisotopic (exact) mass is 380 g/mol. The van der Waals surface area contributed by atoms with Crippen molar-refractivity contribution < 1.29 is 0 Å². The van der Waals surface area contributed by atoms with E-state index in [1.807, 2.05) is 18.2 Å². The van der Waals surface area contributed by atoms with Crippen molar-refractivity contribution in [1.29, 1.82) is 0 Å². The van der Waals surface area contributed by atoms with Gasteiger partial charge in [0.15, 0.2) is 11.5 Å². The molecule has 7 nitrogen and oxygen atoms in total. The number of hydrogen-bond acceptors (Lipinski definition) is 5. The van der Waals surface area contributed by atoms with Crippen LogP contribution in [-0.2, 0) is 6.54 Å². The Morgan fingerprint density at radius 3 is 2.59 bits per heavy atom. The Hall–Kier alpha value is -3.06. The van der Waals surface area contributed by atoms with E-state index in [0.29, 0.717) is 33.8 Å². The quantitative estimate of drug-likeness (QED) is 0.586. The first-order valence-electron chi connectivity index (χ1n) is 8.54. The third kappa shape index (κ3) is 3.33. The molecule has 0 unspecified atom stereocenters. The van der Waals surface area contributed by atoms with Gasteiger partial charge < -0.3 is 4.98 Å². The fraction of sp³-hybridized carbons (Fsp3) is 0.211. The molecule has 3 aromatic heterocycles. The molecule has 1 N–H and O–H groups in total. The zero-order valence-electron chi connectivity index (χ0n) is 14.8. The van der Waals surface area contributed by atoms with Crippen molar-refractivity contribution in [3.63, 3.8) is 0 Å². The highest BCUT2D eigenvalue weighted by Crippen LogP contribution is 2.27. The van der Waals surface area contributed by atoms with Crippen molar-refractivity contribution in [1.82, 2.24) is 29.5 Å². The first-order valence-corrected chi connectivity index (χ1v) is 8.92. The van der Waals surface area contributed by atoms with Crippen molar-refractivity contribution in [3.05, 3.63) is 69.8 Å². The van der Waals surface area contributed by atoms with Crippen LogP contribution in [0.3, 0.4) is 0 Å². The summed E-state index contributed by atoms with van der Waals surface area (Å²) in [5.41, 5.74) is 2.91. The van der Waals surface area contributed by atoms with Crippen LogP contribution in [0, 0.1) is 0 Å². The van der Waals surface area contributed by atoms with Crippen molar-refractivity contribution in [3.8, 4) is 11.4 Å². The normalized spacial score (nSPS) is 11.4. The van der Waals surface area contributed by atoms with Gasteiger partial charge in [-0.2, -0.15) is 0 Å². The number of halogens is 1. The summed E-state index contributed by atoms with van der Waals surface area (Å²) in [6, 6.07) is 8.02. The maximum Gasteiger partial charge on any atom is 0.328 e. The topological polar surface area (TPSA) is 89.4 Å². The van der Waals surface area contributed by atoms with Crippen LogP contribution in [0.2, 0.25) is 5.02 Å². The molecule has 0 aliphatic rings. The Kier molecular flexibility index (Phi) is 4.45. The average molecular weight is 381 g/mol. The number of nitrogens with zero attached hydrogens (tertiary/aromatic N) is 5. The molecule has 136 valence electrons. The number of aromatic nitrogens is 6. The molecule has 0 saturated carbocycles. The van der Waals surface area contributed by atoms with E-state index >= 15 is 0 Å². The van der Waals surface area contributed by atoms with Crippen molar-refractivity contribution in [2.75, 3.05) is 0 Å². The van der Waals surface area contributed by atoms with Gasteiger partial charge in [0.2, 0.25) is 0 Å². The van der Waals surface area contributed by atoms with Gasteiger partial charge in [-0.3, -0.25) is 4.57 Å². The first-order chi connectivity index (χ1) is 13.0. The highest BCUT2D eigenvalue weighted by atomic mass is 35.5. The summed E-state index contributed by atoms with van der Waals surface area (Å²) in [5.74, 6) is 1.39. The highest BCUT2D eigenvalue weighted by molar-refractivity contribution is 6.30. The first kappa shape index (κ1) is 17.4. The predicted octanol–water partition coefficient (Wildman–Crippen LogP) is 3.40. The summed E-state index contributed by atoms with van der Waals surface area (Å²) >= 11 is 5.83. The van der Waals surface area contributed by atoms with Crippen LogP contribution in [-0.4, -0.2) is 29.5 Å². The van der Waals surface area contributed by atoms with Crippen molar-refractivity contribution in [2.45, 2.75) is 26.3 Å². The van der Waals surface area contributed by atoms with E-state index in [-0.39, 0.29) is 12.2 Å². The van der Waals surface area contributed by atoms with Crippen LogP contribution in [0.25, 0.3) is 22.6 Å². The number of hydrogen-bond donors (Lipinski definition) is 1. The van der Waals surface area contributed by atoms with E-state index in [2.05, 4.69) is 44.8 Å². The van der Waals surface area contributed by atoms with Gasteiger partial charge in [-0.05, 0) is 11.5 Å². The third-order valence-corrected chi connectivity index (χ3v) is 4.50. The van der Waals surface area contributed by atoms with Gasteiger partial charge in [-0.15, -0.1) is 0 Å². The number of fused-ring (bicyclic) bond motifs is 1. The van der Waals surface area contributed by atoms with Gasteiger partial charge in [0.25, 0.3) is 0 Å². The molecule has 0 bridgehead atoms. The van der Waals surface area contributed by atoms with Gasteiger partial charge in [-0.25, -0.2) is 24.7 Å². The molecule has 0 fully saturated rings. The molecule has 8 heteroatoms. The minimum Gasteiger partial charge on any atom is -0.303 e. The number of benzene rings is 1. The molecule has 0 aliphatic carbocycles. The second kappa shape index (κ2) is 6.92. The summed E-state index contributed by atoms with van der Waals surface area (Å²) in [6.07, 6.45) is 4.64. The molecule has 0 saturated heterocycles. The van der Waals surface area contributed by atoms with E-state index in [0.717, 1.165) is 11.1 Å². The maximum atomic E-state index is 12.4. The molecule has 0 spiro atoms. The zero-order valence-corrected chi connectivity index (χ0v) is 15.6. The fourth-order valence-electron chi connectivity index (χ4n) is 2.99. The van der Waals surface area contributed by atoms with Crippen LogP contribution < -0.4 is 5.69 Å². The summed E-state index contributed by atoms with van der Waals surface area (Å²) in [7, 11) is 0. The SMILES string of the molecule is CC(C)c1ccccc1-c1ncc2[nH]c(=O)n(Cc3ncc(Cl)cn3)c2n1. The average Bonchev–Trinajstić information content (AvgIpc) is 2.98. The lowest BCUT2D eigenvalue weighted by Gasteiger charge is -2.11. The Morgan fingerprint density at radius 1 is 1.11 bits per heavy atom. The fourth-order valence-corrected chi connectivity index (χ4v) is 3.09. The molecule has 0 radical (unpaired) electrons. The largest absolute Gasteiger partial charge is 0.328 e. The second-order valence-corrected chi connectivity index (χ2v) is 6.94. The number of aromatic amines is 1. The van der Waals surface area contributed by atoms with Crippen LogP contribution in [0.4, 0.5) is 0 Å². The number of H-pyrrole nitrogens is 1. The summed E-state index contributed by atoms with van der Waals surface area (Å²) < 4.78 is 1.50. The molecule has 0 aliphatic heterocycles. The van der Waals surface area contributed by atoms with Gasteiger partial charge in [0.05, 0.1) is 17.8 Å². The third-order valence-electron chi connectivity index (χ3n) is 4.31. The Labute approximate surface area is 160 Å². The molecule has 3 heterocycles. The van der Waals surface area contributed by atoms with Crippen LogP contribution in [0.5, 0.6) is 0 Å². The van der Waals surface area contributed by atoms with E-state index in [1.165, 1.54) is 17.0 Å². The summed E-state index contributed by atoms with van der Waals surface area (Å²) in [6.45, 7) is 4.45. The van der Waals surface area contributed by atoms with Gasteiger partial charge in [0.1, 0.15) is 11.3 Å². The molecule has 0 amide bonds. The van der Waals surface area contributed by atoms with Crippen molar-refractivity contribution >= 4 is 22.8 Å². The Morgan fingerprint density at radius 2 is 1.85 bits per heavy atom. The summed E-state index contributed by atoms with van der Waals surface area (Å²) in [5, 5.41) is 0.444. The Bertz CT molecular complexity index is 1160. The molecule has 0 atom stereocenters. The molecule has 27 heavy (non-hydrogen) atoms. The molecule has 1 aromatic carbocycles. The van der Waals surface area contributed by atoms with Crippen LogP contribution >= 0.6 is 11.6 Å². The van der Waals surface area contributed by atoms with Gasteiger partial charge >= 0.3 is 5.69 Å². The standard InChI is InChI=1S/C19H17ClN6O/c1-11(2)13-5-3-4-6-14(13)17-23-9-15-18(25-17)26(19(27)24-15)10-16-21-7-12(20)8-22-16/h3-9,11H,10H2,1-2H3,(H,24,27). The van der Waals surface area contributed by atoms with Crippen LogP contribution in [0.15, 0.2) is 47.7 Å². The smallest absolute Gasteiger partial charge is 0.303 e.